The van der Waals surface area contributed by atoms with Gasteiger partial charge in [0.25, 0.3) is 0 Å². The quantitative estimate of drug-likeness (QED) is 0.780. The number of amides is 1. The van der Waals surface area contributed by atoms with Crippen molar-refractivity contribution in [3.63, 3.8) is 0 Å². The van der Waals surface area contributed by atoms with Gasteiger partial charge < -0.3 is 19.9 Å². The average Bonchev–Trinajstić information content (AvgIpc) is 2.80. The number of thiazole rings is 1. The number of hydrogen-bond acceptors (Lipinski definition) is 7. The highest BCUT2D eigenvalue weighted by Gasteiger charge is 2.19. The Morgan fingerprint density at radius 2 is 2.27 bits per heavy atom. The van der Waals surface area contributed by atoms with Crippen molar-refractivity contribution in [3.05, 3.63) is 10.6 Å². The summed E-state index contributed by atoms with van der Waals surface area (Å²) < 4.78 is 10.8. The number of carboxylic acids is 1. The molecule has 1 aliphatic rings. The third-order valence-corrected chi connectivity index (χ3v) is 4.11. The number of ether oxygens (including phenoxy) is 2. The zero-order valence-corrected chi connectivity index (χ0v) is 13.3. The minimum absolute atomic E-state index is 0.0349. The summed E-state index contributed by atoms with van der Waals surface area (Å²) >= 11 is 0.953. The minimum Gasteiger partial charge on any atom is -0.477 e. The van der Waals surface area contributed by atoms with Gasteiger partial charge in [0.15, 0.2) is 5.13 Å². The lowest BCUT2D eigenvalue weighted by Gasteiger charge is -2.26. The maximum absolute atomic E-state index is 11.9. The summed E-state index contributed by atoms with van der Waals surface area (Å²) in [5, 5.41) is 11.9. The van der Waals surface area contributed by atoms with Gasteiger partial charge in [-0.3, -0.25) is 9.69 Å². The molecule has 0 aliphatic carbocycles. The Morgan fingerprint density at radius 3 is 2.86 bits per heavy atom. The van der Waals surface area contributed by atoms with Crippen molar-refractivity contribution in [1.29, 1.82) is 0 Å². The lowest BCUT2D eigenvalue weighted by Crippen LogP contribution is -2.41. The number of carboxylic acid groups (broad SMARTS) is 1. The first-order chi connectivity index (χ1) is 10.5. The summed E-state index contributed by atoms with van der Waals surface area (Å²) in [5.74, 6) is -1.29. The molecule has 1 saturated heterocycles. The second-order valence-corrected chi connectivity index (χ2v) is 6.05. The van der Waals surface area contributed by atoms with Crippen molar-refractivity contribution in [2.75, 3.05) is 45.3 Å². The summed E-state index contributed by atoms with van der Waals surface area (Å²) in [6, 6.07) is 0. The molecule has 1 fully saturated rings. The predicted molar refractivity (Wildman–Crippen MR) is 80.5 cm³/mol. The van der Waals surface area contributed by atoms with E-state index in [0.29, 0.717) is 37.2 Å². The highest BCUT2D eigenvalue weighted by molar-refractivity contribution is 7.17. The Balaban J connectivity index is 1.81. The van der Waals surface area contributed by atoms with Crippen molar-refractivity contribution in [3.8, 4) is 0 Å². The SMILES string of the molecule is Cc1nc(NC(=O)CN(C)CC2COCCO2)sc1C(=O)O. The molecule has 2 N–H and O–H groups in total. The molecule has 0 saturated carbocycles. The highest BCUT2D eigenvalue weighted by atomic mass is 32.1. The Hall–Kier alpha value is -1.55. The Morgan fingerprint density at radius 1 is 1.50 bits per heavy atom. The van der Waals surface area contributed by atoms with Crippen molar-refractivity contribution in [2.24, 2.45) is 0 Å². The average molecular weight is 329 g/mol. The molecular formula is C13H19N3O5S. The number of rotatable bonds is 6. The number of likely N-dealkylation sites (N-methyl/N-ethyl adjacent to an activating group) is 1. The maximum atomic E-state index is 11.9. The number of hydrogen-bond donors (Lipinski definition) is 2. The maximum Gasteiger partial charge on any atom is 0.347 e. The molecule has 1 aromatic rings. The summed E-state index contributed by atoms with van der Waals surface area (Å²) in [4.78, 5) is 28.9. The minimum atomic E-state index is -1.04. The molecule has 0 bridgehead atoms. The topological polar surface area (TPSA) is 101 Å². The van der Waals surface area contributed by atoms with Crippen LogP contribution in [0.15, 0.2) is 0 Å². The van der Waals surface area contributed by atoms with Crippen LogP contribution in [0.4, 0.5) is 5.13 Å². The van der Waals surface area contributed by atoms with E-state index in [-0.39, 0.29) is 23.4 Å². The molecule has 0 aromatic carbocycles. The Bertz CT molecular complexity index is 542. The molecule has 1 aliphatic heterocycles. The molecule has 1 atom stereocenters. The van der Waals surface area contributed by atoms with E-state index in [4.69, 9.17) is 14.6 Å². The number of carbonyl (C=O) groups excluding carboxylic acids is 1. The van der Waals surface area contributed by atoms with E-state index >= 15 is 0 Å². The second-order valence-electron chi connectivity index (χ2n) is 5.05. The van der Waals surface area contributed by atoms with Gasteiger partial charge in [0.2, 0.25) is 5.91 Å². The van der Waals surface area contributed by atoms with E-state index in [1.54, 1.807) is 6.92 Å². The Labute approximate surface area is 132 Å². The van der Waals surface area contributed by atoms with E-state index in [9.17, 15) is 9.59 Å². The Kier molecular flexibility index (Phi) is 5.83. The molecule has 0 spiro atoms. The normalized spacial score (nSPS) is 18.4. The number of carbonyl (C=O) groups is 2. The molecule has 8 nitrogen and oxygen atoms in total. The first-order valence-corrected chi connectivity index (χ1v) is 7.66. The van der Waals surface area contributed by atoms with Crippen LogP contribution in [0.5, 0.6) is 0 Å². The first kappa shape index (κ1) is 16.8. The van der Waals surface area contributed by atoms with Crippen LogP contribution >= 0.6 is 11.3 Å². The predicted octanol–water partition coefficient (Wildman–Crippen LogP) is 0.435. The smallest absolute Gasteiger partial charge is 0.347 e. The second kappa shape index (κ2) is 7.63. The van der Waals surface area contributed by atoms with Gasteiger partial charge in [-0.05, 0) is 14.0 Å². The van der Waals surface area contributed by atoms with Crippen LogP contribution in [0.25, 0.3) is 0 Å². The summed E-state index contributed by atoms with van der Waals surface area (Å²) in [5.41, 5.74) is 0.397. The summed E-state index contributed by atoms with van der Waals surface area (Å²) in [6.45, 7) is 4.06. The van der Waals surface area contributed by atoms with Crippen LogP contribution in [0, 0.1) is 6.92 Å². The molecule has 122 valence electrons. The number of nitrogens with zero attached hydrogens (tertiary/aromatic N) is 2. The standard InChI is InChI=1S/C13H19N3O5S/c1-8-11(12(18)19)22-13(14-8)15-10(17)6-16(2)5-9-7-20-3-4-21-9/h9H,3-7H2,1-2H3,(H,18,19)(H,14,15,17). The number of nitrogens with one attached hydrogen (secondary N) is 1. The number of aromatic carboxylic acids is 1. The largest absolute Gasteiger partial charge is 0.477 e. The molecule has 22 heavy (non-hydrogen) atoms. The number of aromatic nitrogens is 1. The van der Waals surface area contributed by atoms with Crippen molar-refractivity contribution >= 4 is 28.3 Å². The third kappa shape index (κ3) is 4.73. The monoisotopic (exact) mass is 329 g/mol. The molecular weight excluding hydrogens is 310 g/mol. The van der Waals surface area contributed by atoms with Gasteiger partial charge in [-0.1, -0.05) is 11.3 Å². The number of aryl methyl sites for hydroxylation is 1. The molecule has 9 heteroatoms. The lowest BCUT2D eigenvalue weighted by atomic mass is 10.3. The van der Waals surface area contributed by atoms with Crippen LogP contribution in [0.3, 0.4) is 0 Å². The van der Waals surface area contributed by atoms with Crippen LogP contribution in [0.2, 0.25) is 0 Å². The summed E-state index contributed by atoms with van der Waals surface area (Å²) in [6.07, 6.45) is -0.0349. The molecule has 1 amide bonds. The van der Waals surface area contributed by atoms with Gasteiger partial charge in [0.05, 0.1) is 38.2 Å². The third-order valence-electron chi connectivity index (χ3n) is 3.05. The van der Waals surface area contributed by atoms with Crippen molar-refractivity contribution in [2.45, 2.75) is 13.0 Å². The molecule has 2 rings (SSSR count). The van der Waals surface area contributed by atoms with E-state index in [2.05, 4.69) is 10.3 Å². The van der Waals surface area contributed by atoms with Crippen molar-refractivity contribution < 1.29 is 24.2 Å². The van der Waals surface area contributed by atoms with Gasteiger partial charge in [-0.25, -0.2) is 9.78 Å². The van der Waals surface area contributed by atoms with Gasteiger partial charge >= 0.3 is 5.97 Å². The van der Waals surface area contributed by atoms with Gasteiger partial charge in [0.1, 0.15) is 4.88 Å². The zero-order chi connectivity index (χ0) is 16.1. The van der Waals surface area contributed by atoms with E-state index < -0.39 is 5.97 Å². The first-order valence-electron chi connectivity index (χ1n) is 6.84. The van der Waals surface area contributed by atoms with Gasteiger partial charge in [-0.15, -0.1) is 0 Å². The van der Waals surface area contributed by atoms with Crippen LogP contribution in [-0.4, -0.2) is 72.9 Å². The van der Waals surface area contributed by atoms with E-state index in [1.165, 1.54) is 0 Å². The molecule has 0 radical (unpaired) electrons. The lowest BCUT2D eigenvalue weighted by molar-refractivity contribution is -0.119. The van der Waals surface area contributed by atoms with Gasteiger partial charge in [-0.2, -0.15) is 0 Å². The fraction of sp³-hybridized carbons (Fsp3) is 0.615. The van der Waals surface area contributed by atoms with Crippen LogP contribution in [-0.2, 0) is 14.3 Å². The molecule has 1 unspecified atom stereocenters. The van der Waals surface area contributed by atoms with E-state index in [1.807, 2.05) is 11.9 Å². The van der Waals surface area contributed by atoms with Crippen LogP contribution < -0.4 is 5.32 Å². The number of anilines is 1. The summed E-state index contributed by atoms with van der Waals surface area (Å²) in [7, 11) is 1.81. The van der Waals surface area contributed by atoms with Gasteiger partial charge in [0, 0.05) is 6.54 Å². The zero-order valence-electron chi connectivity index (χ0n) is 12.5. The molecule has 2 heterocycles. The molecule has 1 aromatic heterocycles. The van der Waals surface area contributed by atoms with E-state index in [0.717, 1.165) is 11.3 Å². The van der Waals surface area contributed by atoms with Crippen LogP contribution in [0.1, 0.15) is 15.4 Å². The fourth-order valence-electron chi connectivity index (χ4n) is 2.11. The fourth-order valence-corrected chi connectivity index (χ4v) is 2.93. The highest BCUT2D eigenvalue weighted by Crippen LogP contribution is 2.22. The van der Waals surface area contributed by atoms with Crippen molar-refractivity contribution in [1.82, 2.24) is 9.88 Å².